The Morgan fingerprint density at radius 2 is 1.76 bits per heavy atom. The quantitative estimate of drug-likeness (QED) is 0.462. The average molecular weight is 410 g/mol. The highest BCUT2D eigenvalue weighted by molar-refractivity contribution is 6.06. The number of hydrogen-bond acceptors (Lipinski definition) is 8. The molecule has 1 heterocycles. The largest absolute Gasteiger partial charge is 0.507 e. The number of aliphatic hydroxyl groups excluding tert-OH is 4. The molecule has 0 aromatic heterocycles. The van der Waals surface area contributed by atoms with E-state index in [4.69, 9.17) is 9.47 Å². The van der Waals surface area contributed by atoms with Gasteiger partial charge in [0, 0.05) is 16.5 Å². The molecule has 2 aliphatic rings. The Labute approximate surface area is 169 Å². The molecule has 1 fully saturated rings. The fourth-order valence-electron chi connectivity index (χ4n) is 4.34. The van der Waals surface area contributed by atoms with Crippen LogP contribution in [0, 0.1) is 19.3 Å². The van der Waals surface area contributed by atoms with Gasteiger partial charge in [-0.15, -0.1) is 0 Å². The first-order chi connectivity index (χ1) is 13.5. The zero-order valence-electron chi connectivity index (χ0n) is 17.2. The van der Waals surface area contributed by atoms with Gasteiger partial charge in [-0.1, -0.05) is 13.8 Å². The van der Waals surface area contributed by atoms with E-state index >= 15 is 0 Å². The molecule has 1 saturated heterocycles. The number of phenolic OH excluding ortho intramolecular Hbond substituents is 1. The summed E-state index contributed by atoms with van der Waals surface area (Å²) in [4.78, 5) is 12.8. The summed E-state index contributed by atoms with van der Waals surface area (Å²) < 4.78 is 10.9. The van der Waals surface area contributed by atoms with E-state index in [1.54, 1.807) is 6.92 Å². The monoisotopic (exact) mass is 410 g/mol. The summed E-state index contributed by atoms with van der Waals surface area (Å²) in [7, 11) is 0. The third kappa shape index (κ3) is 3.69. The fraction of sp³-hybridized carbons (Fsp3) is 0.667. The van der Waals surface area contributed by atoms with Crippen LogP contribution in [0.2, 0.25) is 0 Å². The van der Waals surface area contributed by atoms with Gasteiger partial charge >= 0.3 is 0 Å². The molecule has 29 heavy (non-hydrogen) atoms. The van der Waals surface area contributed by atoms with Gasteiger partial charge in [0.2, 0.25) is 0 Å². The van der Waals surface area contributed by atoms with E-state index in [2.05, 4.69) is 0 Å². The highest BCUT2D eigenvalue weighted by Crippen LogP contribution is 2.45. The van der Waals surface area contributed by atoms with E-state index in [-0.39, 0.29) is 18.1 Å². The second-order valence-corrected chi connectivity index (χ2v) is 8.64. The first-order valence-electron chi connectivity index (χ1n) is 9.82. The molecule has 5 unspecified atom stereocenters. The molecule has 1 aromatic rings. The molecule has 5 atom stereocenters. The second-order valence-electron chi connectivity index (χ2n) is 8.64. The number of hydrogen-bond donors (Lipinski definition) is 5. The van der Waals surface area contributed by atoms with Crippen molar-refractivity contribution in [2.75, 3.05) is 13.2 Å². The number of benzene rings is 1. The van der Waals surface area contributed by atoms with Crippen LogP contribution in [-0.2, 0) is 22.3 Å². The Morgan fingerprint density at radius 1 is 1.10 bits per heavy atom. The van der Waals surface area contributed by atoms with Crippen molar-refractivity contribution in [2.45, 2.75) is 71.2 Å². The summed E-state index contributed by atoms with van der Waals surface area (Å²) in [6.45, 7) is 6.94. The Morgan fingerprint density at radius 3 is 2.38 bits per heavy atom. The predicted octanol–water partition coefficient (Wildman–Crippen LogP) is 0.133. The lowest BCUT2D eigenvalue weighted by Crippen LogP contribution is -2.59. The second kappa shape index (κ2) is 7.94. The van der Waals surface area contributed by atoms with Crippen molar-refractivity contribution in [3.05, 3.63) is 27.8 Å². The topological polar surface area (TPSA) is 137 Å². The average Bonchev–Trinajstić information content (AvgIpc) is 2.92. The predicted molar refractivity (Wildman–Crippen MR) is 103 cm³/mol. The number of fused-ring (bicyclic) bond motifs is 1. The number of ether oxygens (including phenoxy) is 2. The summed E-state index contributed by atoms with van der Waals surface area (Å²) in [5.41, 5.74) is 2.99. The van der Waals surface area contributed by atoms with Gasteiger partial charge in [0.1, 0.15) is 30.2 Å². The Kier molecular flexibility index (Phi) is 6.06. The molecular formula is C21H30O8. The highest BCUT2D eigenvalue weighted by Gasteiger charge is 2.44. The van der Waals surface area contributed by atoms with Gasteiger partial charge in [0.05, 0.1) is 13.2 Å². The van der Waals surface area contributed by atoms with Crippen LogP contribution in [-0.4, -0.2) is 75.2 Å². The SMILES string of the molecule is Cc1c(O)c2c(c(C)c1CCOC1OC(CO)C(O)C(O)C1O)C(=O)C(C)(C)C2. The number of carbonyl (C=O) groups excluding carboxylic acids is 1. The van der Waals surface area contributed by atoms with Crippen LogP contribution < -0.4 is 0 Å². The van der Waals surface area contributed by atoms with Crippen molar-refractivity contribution in [1.29, 1.82) is 0 Å². The molecule has 0 radical (unpaired) electrons. The maximum Gasteiger partial charge on any atom is 0.186 e. The lowest BCUT2D eigenvalue weighted by Gasteiger charge is -2.39. The van der Waals surface area contributed by atoms with Crippen molar-refractivity contribution in [1.82, 2.24) is 0 Å². The molecule has 1 aromatic carbocycles. The van der Waals surface area contributed by atoms with Crippen LogP contribution in [0.15, 0.2) is 0 Å². The zero-order valence-corrected chi connectivity index (χ0v) is 17.2. The van der Waals surface area contributed by atoms with E-state index in [9.17, 15) is 30.3 Å². The Bertz CT molecular complexity index is 801. The minimum Gasteiger partial charge on any atom is -0.507 e. The third-order valence-electron chi connectivity index (χ3n) is 6.17. The van der Waals surface area contributed by atoms with Crippen LogP contribution >= 0.6 is 0 Å². The third-order valence-corrected chi connectivity index (χ3v) is 6.17. The lowest BCUT2D eigenvalue weighted by molar-refractivity contribution is -0.300. The number of aliphatic hydroxyl groups is 4. The van der Waals surface area contributed by atoms with E-state index in [1.165, 1.54) is 0 Å². The number of carbonyl (C=O) groups is 1. The molecule has 1 aliphatic heterocycles. The first-order valence-corrected chi connectivity index (χ1v) is 9.82. The number of rotatable bonds is 5. The van der Waals surface area contributed by atoms with Crippen molar-refractivity contribution >= 4 is 5.78 Å². The van der Waals surface area contributed by atoms with Crippen LogP contribution in [0.1, 0.15) is 46.5 Å². The van der Waals surface area contributed by atoms with Gasteiger partial charge in [-0.3, -0.25) is 4.79 Å². The maximum atomic E-state index is 12.8. The van der Waals surface area contributed by atoms with Crippen LogP contribution in [0.5, 0.6) is 5.75 Å². The van der Waals surface area contributed by atoms with Gasteiger partial charge in [0.25, 0.3) is 0 Å². The van der Waals surface area contributed by atoms with Gasteiger partial charge in [-0.05, 0) is 43.4 Å². The molecule has 0 amide bonds. The summed E-state index contributed by atoms with van der Waals surface area (Å²) in [6.07, 6.45) is -5.82. The normalized spacial score (nSPS) is 31.2. The number of phenols is 1. The minimum absolute atomic E-state index is 0.0106. The van der Waals surface area contributed by atoms with Gasteiger partial charge in [0.15, 0.2) is 12.1 Å². The fourth-order valence-corrected chi connectivity index (χ4v) is 4.34. The minimum atomic E-state index is -1.50. The lowest BCUT2D eigenvalue weighted by atomic mass is 9.88. The summed E-state index contributed by atoms with van der Waals surface area (Å²) in [5, 5.41) is 49.6. The first kappa shape index (κ1) is 22.1. The molecule has 0 saturated carbocycles. The number of Topliss-reactive ketones (excluding diaryl/α,β-unsaturated/α-hetero) is 1. The highest BCUT2D eigenvalue weighted by atomic mass is 16.7. The van der Waals surface area contributed by atoms with E-state index in [0.29, 0.717) is 29.5 Å². The van der Waals surface area contributed by atoms with Crippen LogP contribution in [0.3, 0.4) is 0 Å². The van der Waals surface area contributed by atoms with E-state index in [1.807, 2.05) is 20.8 Å². The van der Waals surface area contributed by atoms with Gasteiger partial charge in [-0.25, -0.2) is 0 Å². The molecule has 3 rings (SSSR count). The number of ketones is 1. The van der Waals surface area contributed by atoms with Crippen LogP contribution in [0.25, 0.3) is 0 Å². The zero-order chi connectivity index (χ0) is 21.7. The molecular weight excluding hydrogens is 380 g/mol. The Balaban J connectivity index is 1.76. The molecule has 1 aliphatic carbocycles. The van der Waals surface area contributed by atoms with Crippen molar-refractivity contribution < 1.29 is 39.8 Å². The summed E-state index contributed by atoms with van der Waals surface area (Å²) >= 11 is 0. The van der Waals surface area contributed by atoms with E-state index < -0.39 is 42.7 Å². The standard InChI is InChI=1S/C21H30O8/c1-9-11(10(2)15(23)12-7-21(3,4)19(27)14(9)12)5-6-28-20-18(26)17(25)16(24)13(8-22)29-20/h13,16-18,20,22-26H,5-8H2,1-4H3. The molecule has 8 nitrogen and oxygen atoms in total. The Hall–Kier alpha value is -1.55. The smallest absolute Gasteiger partial charge is 0.186 e. The molecule has 0 bridgehead atoms. The number of aromatic hydroxyl groups is 1. The molecule has 162 valence electrons. The van der Waals surface area contributed by atoms with Crippen molar-refractivity contribution in [3.63, 3.8) is 0 Å². The molecule has 8 heteroatoms. The van der Waals surface area contributed by atoms with Gasteiger partial charge < -0.3 is 35.0 Å². The van der Waals surface area contributed by atoms with Crippen molar-refractivity contribution in [3.8, 4) is 5.75 Å². The molecule has 0 spiro atoms. The summed E-state index contributed by atoms with van der Waals surface area (Å²) in [6, 6.07) is 0. The van der Waals surface area contributed by atoms with Gasteiger partial charge in [-0.2, -0.15) is 0 Å². The molecule has 5 N–H and O–H groups in total. The summed E-state index contributed by atoms with van der Waals surface area (Å²) in [5.74, 6) is 0.142. The van der Waals surface area contributed by atoms with Crippen molar-refractivity contribution in [2.24, 2.45) is 5.41 Å². The maximum absolute atomic E-state index is 12.8. The van der Waals surface area contributed by atoms with E-state index in [0.717, 1.165) is 11.1 Å². The van der Waals surface area contributed by atoms with Crippen LogP contribution in [0.4, 0.5) is 0 Å².